The van der Waals surface area contributed by atoms with Crippen LogP contribution in [0.25, 0.3) is 0 Å². The van der Waals surface area contributed by atoms with E-state index < -0.39 is 0 Å². The van der Waals surface area contributed by atoms with Crippen LogP contribution in [0.3, 0.4) is 0 Å². The third-order valence-electron chi connectivity index (χ3n) is 5.49. The number of epoxide rings is 1. The molecule has 25 heavy (non-hydrogen) atoms. The Morgan fingerprint density at radius 3 is 1.60 bits per heavy atom. The first-order valence-corrected chi connectivity index (χ1v) is 11.6. The lowest BCUT2D eigenvalue weighted by Gasteiger charge is -2.17. The molecule has 0 aromatic heterocycles. The summed E-state index contributed by atoms with van der Waals surface area (Å²) in [6, 6.07) is 0. The van der Waals surface area contributed by atoms with Crippen LogP contribution in [0, 0.1) is 5.92 Å². The standard InChI is InChI=1S/C23H46O2/c1-3-5-7-9-11-12-14-16-18-22(19-24-20-23-21-25-23)17-15-13-10-8-6-4-2/h22-23H,3-21H2,1-2H3. The maximum Gasteiger partial charge on any atom is 0.104 e. The molecular weight excluding hydrogens is 308 g/mol. The van der Waals surface area contributed by atoms with Gasteiger partial charge in [-0.05, 0) is 18.8 Å². The van der Waals surface area contributed by atoms with Gasteiger partial charge in [0.2, 0.25) is 0 Å². The van der Waals surface area contributed by atoms with Crippen LogP contribution in [0.15, 0.2) is 0 Å². The van der Waals surface area contributed by atoms with E-state index in [0.29, 0.717) is 6.10 Å². The minimum atomic E-state index is 0.415. The van der Waals surface area contributed by atoms with Crippen molar-refractivity contribution >= 4 is 0 Å². The SMILES string of the molecule is CCCCCCCCCCC(CCCCCCCC)COCC1CO1. The number of hydrogen-bond donors (Lipinski definition) is 0. The summed E-state index contributed by atoms with van der Waals surface area (Å²) in [6.07, 6.45) is 22.9. The van der Waals surface area contributed by atoms with E-state index in [0.717, 1.165) is 25.7 Å². The summed E-state index contributed by atoms with van der Waals surface area (Å²) in [5.74, 6) is 0.782. The second-order valence-corrected chi connectivity index (χ2v) is 8.18. The Hall–Kier alpha value is -0.0800. The van der Waals surface area contributed by atoms with E-state index in [9.17, 15) is 0 Å². The fraction of sp³-hybridized carbons (Fsp3) is 1.00. The molecule has 2 heteroatoms. The lowest BCUT2D eigenvalue weighted by molar-refractivity contribution is 0.0787. The minimum Gasteiger partial charge on any atom is -0.378 e. The van der Waals surface area contributed by atoms with Crippen molar-refractivity contribution in [3.8, 4) is 0 Å². The maximum atomic E-state index is 5.91. The smallest absolute Gasteiger partial charge is 0.104 e. The van der Waals surface area contributed by atoms with E-state index in [4.69, 9.17) is 9.47 Å². The van der Waals surface area contributed by atoms with Crippen LogP contribution >= 0.6 is 0 Å². The molecule has 1 rings (SSSR count). The quantitative estimate of drug-likeness (QED) is 0.169. The van der Waals surface area contributed by atoms with E-state index in [1.165, 1.54) is 103 Å². The van der Waals surface area contributed by atoms with E-state index in [1.807, 2.05) is 0 Å². The zero-order valence-electron chi connectivity index (χ0n) is 17.4. The molecule has 0 bridgehead atoms. The molecule has 1 aliphatic heterocycles. The molecule has 2 nitrogen and oxygen atoms in total. The van der Waals surface area contributed by atoms with Crippen LogP contribution in [0.4, 0.5) is 0 Å². The largest absolute Gasteiger partial charge is 0.378 e. The predicted octanol–water partition coefficient (Wildman–Crippen LogP) is 7.30. The molecule has 0 spiro atoms. The molecule has 0 N–H and O–H groups in total. The molecule has 0 radical (unpaired) electrons. The number of unbranched alkanes of at least 4 members (excludes halogenated alkanes) is 12. The Balaban J connectivity index is 2.01. The van der Waals surface area contributed by atoms with Crippen molar-refractivity contribution < 1.29 is 9.47 Å². The molecule has 1 heterocycles. The third-order valence-corrected chi connectivity index (χ3v) is 5.49. The fourth-order valence-corrected chi connectivity index (χ4v) is 3.62. The van der Waals surface area contributed by atoms with Gasteiger partial charge in [-0.15, -0.1) is 0 Å². The highest BCUT2D eigenvalue weighted by atomic mass is 16.6. The molecule has 2 atom stereocenters. The molecule has 150 valence electrons. The number of ether oxygens (including phenoxy) is 2. The lowest BCUT2D eigenvalue weighted by Crippen LogP contribution is -2.13. The van der Waals surface area contributed by atoms with Crippen molar-refractivity contribution in [3.63, 3.8) is 0 Å². The summed E-state index contributed by atoms with van der Waals surface area (Å²) in [6.45, 7) is 7.29. The number of hydrogen-bond acceptors (Lipinski definition) is 2. The van der Waals surface area contributed by atoms with Gasteiger partial charge >= 0.3 is 0 Å². The van der Waals surface area contributed by atoms with Gasteiger partial charge in [-0.2, -0.15) is 0 Å². The van der Waals surface area contributed by atoms with Gasteiger partial charge in [0.05, 0.1) is 13.2 Å². The Kier molecular flexibility index (Phi) is 15.9. The van der Waals surface area contributed by atoms with Crippen molar-refractivity contribution in [1.29, 1.82) is 0 Å². The molecule has 0 aromatic rings. The molecule has 2 unspecified atom stereocenters. The average Bonchev–Trinajstić information content (AvgIpc) is 3.44. The Labute approximate surface area is 158 Å². The first-order chi connectivity index (χ1) is 12.4. The van der Waals surface area contributed by atoms with Crippen molar-refractivity contribution in [2.75, 3.05) is 19.8 Å². The minimum absolute atomic E-state index is 0.415. The van der Waals surface area contributed by atoms with Gasteiger partial charge < -0.3 is 9.47 Å². The second kappa shape index (κ2) is 17.3. The van der Waals surface area contributed by atoms with E-state index in [-0.39, 0.29) is 0 Å². The van der Waals surface area contributed by atoms with Gasteiger partial charge in [0.15, 0.2) is 0 Å². The summed E-state index contributed by atoms with van der Waals surface area (Å²) in [5, 5.41) is 0. The van der Waals surface area contributed by atoms with E-state index >= 15 is 0 Å². The van der Waals surface area contributed by atoms with Gasteiger partial charge in [0.1, 0.15) is 6.10 Å². The van der Waals surface area contributed by atoms with Crippen LogP contribution in [-0.4, -0.2) is 25.9 Å². The summed E-state index contributed by atoms with van der Waals surface area (Å²) >= 11 is 0. The van der Waals surface area contributed by atoms with Crippen LogP contribution in [0.1, 0.15) is 117 Å². The topological polar surface area (TPSA) is 21.8 Å². The molecular formula is C23H46O2. The van der Waals surface area contributed by atoms with Gasteiger partial charge in [-0.1, -0.05) is 104 Å². The monoisotopic (exact) mass is 354 g/mol. The fourth-order valence-electron chi connectivity index (χ4n) is 3.62. The number of rotatable bonds is 20. The summed E-state index contributed by atoms with van der Waals surface area (Å²) < 4.78 is 11.2. The van der Waals surface area contributed by atoms with Crippen molar-refractivity contribution in [2.45, 2.75) is 123 Å². The predicted molar refractivity (Wildman–Crippen MR) is 109 cm³/mol. The zero-order chi connectivity index (χ0) is 18.0. The van der Waals surface area contributed by atoms with Gasteiger partial charge in [0.25, 0.3) is 0 Å². The Bertz CT molecular complexity index is 263. The Morgan fingerprint density at radius 1 is 0.720 bits per heavy atom. The Morgan fingerprint density at radius 2 is 1.16 bits per heavy atom. The molecule has 0 aromatic carbocycles. The molecule has 1 fully saturated rings. The molecule has 0 aliphatic carbocycles. The van der Waals surface area contributed by atoms with Crippen LogP contribution in [0.5, 0.6) is 0 Å². The maximum absolute atomic E-state index is 5.91. The summed E-state index contributed by atoms with van der Waals surface area (Å²) in [7, 11) is 0. The molecule has 1 aliphatic rings. The first kappa shape index (κ1) is 23.0. The highest BCUT2D eigenvalue weighted by molar-refractivity contribution is 4.68. The normalized spacial score (nSPS) is 17.8. The van der Waals surface area contributed by atoms with Crippen LogP contribution in [-0.2, 0) is 9.47 Å². The summed E-state index contributed by atoms with van der Waals surface area (Å²) in [4.78, 5) is 0. The van der Waals surface area contributed by atoms with Gasteiger partial charge in [0, 0.05) is 6.61 Å². The third kappa shape index (κ3) is 15.9. The highest BCUT2D eigenvalue weighted by Gasteiger charge is 2.22. The summed E-state index contributed by atoms with van der Waals surface area (Å²) in [5.41, 5.74) is 0. The molecule has 1 saturated heterocycles. The molecule has 0 saturated carbocycles. The zero-order valence-corrected chi connectivity index (χ0v) is 17.4. The van der Waals surface area contributed by atoms with Gasteiger partial charge in [-0.3, -0.25) is 0 Å². The van der Waals surface area contributed by atoms with Crippen LogP contribution in [0.2, 0.25) is 0 Å². The first-order valence-electron chi connectivity index (χ1n) is 11.6. The van der Waals surface area contributed by atoms with Gasteiger partial charge in [-0.25, -0.2) is 0 Å². The van der Waals surface area contributed by atoms with Crippen molar-refractivity contribution in [3.05, 3.63) is 0 Å². The lowest BCUT2D eigenvalue weighted by atomic mass is 9.94. The molecule has 0 amide bonds. The second-order valence-electron chi connectivity index (χ2n) is 8.18. The van der Waals surface area contributed by atoms with E-state index in [1.54, 1.807) is 0 Å². The van der Waals surface area contributed by atoms with Crippen molar-refractivity contribution in [2.24, 2.45) is 5.92 Å². The van der Waals surface area contributed by atoms with E-state index in [2.05, 4.69) is 13.8 Å². The van der Waals surface area contributed by atoms with Crippen molar-refractivity contribution in [1.82, 2.24) is 0 Å². The van der Waals surface area contributed by atoms with Crippen LogP contribution < -0.4 is 0 Å². The average molecular weight is 355 g/mol. The highest BCUT2D eigenvalue weighted by Crippen LogP contribution is 2.20.